The number of anilines is 2. The summed E-state index contributed by atoms with van der Waals surface area (Å²) in [4.78, 5) is 59.8. The van der Waals surface area contributed by atoms with E-state index in [0.717, 1.165) is 31.3 Å². The number of nitrogens with zero attached hydrogens (tertiary/aromatic N) is 8. The van der Waals surface area contributed by atoms with Gasteiger partial charge in [0.15, 0.2) is 5.78 Å². The number of likely N-dealkylation sites (N-methyl/N-ethyl adjacent to an activating group) is 2. The topological polar surface area (TPSA) is 139 Å². The van der Waals surface area contributed by atoms with Crippen LogP contribution in [0, 0.1) is 23.3 Å². The van der Waals surface area contributed by atoms with Crippen LogP contribution in [0.2, 0.25) is 0 Å². The Kier molecular flexibility index (Phi) is 17.4. The number of halogens is 10. The Morgan fingerprint density at radius 3 is 1.51 bits per heavy atom. The summed E-state index contributed by atoms with van der Waals surface area (Å²) in [6, 6.07) is 16.7. The van der Waals surface area contributed by atoms with Crippen molar-refractivity contribution in [2.75, 3.05) is 81.8 Å². The van der Waals surface area contributed by atoms with Gasteiger partial charge in [0.05, 0.1) is 19.6 Å². The predicted molar refractivity (Wildman–Crippen MR) is 238 cm³/mol. The third-order valence-electron chi connectivity index (χ3n) is 11.5. The van der Waals surface area contributed by atoms with E-state index in [9.17, 15) is 63.1 Å². The van der Waals surface area contributed by atoms with Gasteiger partial charge in [0.1, 0.15) is 23.3 Å². The summed E-state index contributed by atoms with van der Waals surface area (Å²) in [5.74, 6) is -8.04. The van der Waals surface area contributed by atoms with E-state index >= 15 is 0 Å². The zero-order chi connectivity index (χ0) is 51.6. The molecule has 5 amide bonds. The number of aromatic nitrogens is 2. The Morgan fingerprint density at radius 2 is 1.10 bits per heavy atom. The van der Waals surface area contributed by atoms with Crippen molar-refractivity contribution >= 4 is 35.1 Å². The SMILES string of the molecule is CCN1CCN(C(=O)N(Cc2ccc(-c3nnc(C(F)(F)F)o3)cc2F)c2cccc(F)c2)CC1.CCN1CCN(C(=O)N(Cc2ccc(C(=O)CNC(=O)C(F)(F)F)cc2F)c2cccc(F)c2)CC1. The van der Waals surface area contributed by atoms with Gasteiger partial charge in [0.25, 0.3) is 0 Å². The summed E-state index contributed by atoms with van der Waals surface area (Å²) in [6.07, 6.45) is -9.97. The lowest BCUT2D eigenvalue weighted by atomic mass is 10.1. The van der Waals surface area contributed by atoms with Crippen molar-refractivity contribution in [3.63, 3.8) is 0 Å². The van der Waals surface area contributed by atoms with Gasteiger partial charge in [-0.2, -0.15) is 26.3 Å². The van der Waals surface area contributed by atoms with E-state index in [-0.39, 0.29) is 46.7 Å². The number of urea groups is 2. The summed E-state index contributed by atoms with van der Waals surface area (Å²) in [5.41, 5.74) is 0.256. The van der Waals surface area contributed by atoms with Gasteiger partial charge >= 0.3 is 36.2 Å². The monoisotopic (exact) mass is 1010 g/mol. The molecule has 0 atom stereocenters. The van der Waals surface area contributed by atoms with Crippen molar-refractivity contribution < 1.29 is 67.5 Å². The molecule has 0 saturated carbocycles. The highest BCUT2D eigenvalue weighted by atomic mass is 19.4. The first kappa shape index (κ1) is 53.3. The van der Waals surface area contributed by atoms with Crippen LogP contribution in [0.3, 0.4) is 0 Å². The standard InChI is InChI=1S/C24H25F5N4O3.C23H22F5N5O2/c1-2-31-8-10-32(11-9-31)23(36)33(19-5-3-4-18(25)13-19)15-17-7-6-16(12-20(17)26)21(34)14-30-22(35)24(27,28)29;1-2-31-8-10-32(11-9-31)22(34)33(18-5-3-4-17(24)13-18)14-16-7-6-15(12-19(16)25)20-29-30-21(35-20)23(26,27)28/h3-7,12-13H,2,8-11,14-15H2,1H3,(H,30,35);3-7,12-13H,2,8-11,14H2,1H3. The van der Waals surface area contributed by atoms with Crippen molar-refractivity contribution in [2.45, 2.75) is 39.3 Å². The van der Waals surface area contributed by atoms with Gasteiger partial charge < -0.3 is 29.3 Å². The van der Waals surface area contributed by atoms with E-state index in [4.69, 9.17) is 0 Å². The Morgan fingerprint density at radius 1 is 0.620 bits per heavy atom. The maximum Gasteiger partial charge on any atom is 0.471 e. The number of rotatable bonds is 12. The van der Waals surface area contributed by atoms with E-state index in [1.165, 1.54) is 75.8 Å². The Labute approximate surface area is 400 Å². The molecule has 14 nitrogen and oxygen atoms in total. The van der Waals surface area contributed by atoms with Crippen molar-refractivity contribution in [3.05, 3.63) is 131 Å². The van der Waals surface area contributed by atoms with Crippen LogP contribution in [-0.4, -0.2) is 132 Å². The van der Waals surface area contributed by atoms with E-state index in [2.05, 4.69) is 24.4 Å². The minimum atomic E-state index is -5.15. The van der Waals surface area contributed by atoms with Gasteiger partial charge in [0, 0.05) is 86.0 Å². The molecular weight excluding hydrogens is 961 g/mol. The number of Topliss-reactive ketones (excluding diaryl/α,β-unsaturated/α-hetero) is 1. The molecular formula is C47H47F10N9O5. The molecule has 380 valence electrons. The van der Waals surface area contributed by atoms with Crippen LogP contribution >= 0.6 is 0 Å². The zero-order valence-corrected chi connectivity index (χ0v) is 38.2. The summed E-state index contributed by atoms with van der Waals surface area (Å²) in [7, 11) is 0. The number of carbonyl (C=O) groups is 4. The predicted octanol–water partition coefficient (Wildman–Crippen LogP) is 8.39. The highest BCUT2D eigenvalue weighted by Crippen LogP contribution is 2.32. The maximum atomic E-state index is 15.0. The van der Waals surface area contributed by atoms with Crippen LogP contribution in [-0.2, 0) is 24.1 Å². The number of alkyl halides is 6. The minimum Gasteiger partial charge on any atom is -0.413 e. The van der Waals surface area contributed by atoms with Gasteiger partial charge in [0.2, 0.25) is 5.89 Å². The number of nitrogens with one attached hydrogen (secondary N) is 1. The van der Waals surface area contributed by atoms with E-state index < -0.39 is 77.7 Å². The fraction of sp³-hybridized carbons (Fsp3) is 0.362. The molecule has 0 aliphatic carbocycles. The van der Waals surface area contributed by atoms with Crippen molar-refractivity contribution in [1.82, 2.24) is 35.1 Å². The summed E-state index contributed by atoms with van der Waals surface area (Å²) in [6.45, 7) is 8.80. The fourth-order valence-electron chi connectivity index (χ4n) is 7.49. The molecule has 0 unspecified atom stereocenters. The smallest absolute Gasteiger partial charge is 0.413 e. The lowest BCUT2D eigenvalue weighted by Crippen LogP contribution is -2.52. The second-order valence-corrected chi connectivity index (χ2v) is 16.2. The quantitative estimate of drug-likeness (QED) is 0.0965. The molecule has 3 heterocycles. The molecule has 0 spiro atoms. The minimum absolute atomic E-state index is 0.00989. The molecule has 24 heteroatoms. The Bertz CT molecular complexity index is 2670. The number of benzene rings is 4. The number of hydrogen-bond acceptors (Lipinski definition) is 9. The third-order valence-corrected chi connectivity index (χ3v) is 11.5. The van der Waals surface area contributed by atoms with Gasteiger partial charge in [-0.05, 0) is 67.7 Å². The molecule has 0 radical (unpaired) electrons. The molecule has 2 aliphatic rings. The zero-order valence-electron chi connectivity index (χ0n) is 38.2. The van der Waals surface area contributed by atoms with Gasteiger partial charge in [-0.1, -0.05) is 44.2 Å². The fourth-order valence-corrected chi connectivity index (χ4v) is 7.49. The van der Waals surface area contributed by atoms with Gasteiger partial charge in [-0.15, -0.1) is 10.2 Å². The molecule has 7 rings (SSSR count). The van der Waals surface area contributed by atoms with E-state index in [1.807, 2.05) is 13.8 Å². The molecule has 71 heavy (non-hydrogen) atoms. The summed E-state index contributed by atoms with van der Waals surface area (Å²) >= 11 is 0. The molecule has 5 aromatic rings. The molecule has 2 aliphatic heterocycles. The van der Waals surface area contributed by atoms with Crippen LogP contribution in [0.5, 0.6) is 0 Å². The number of amides is 5. The Balaban J connectivity index is 0.000000232. The van der Waals surface area contributed by atoms with Crippen LogP contribution < -0.4 is 15.1 Å². The molecule has 2 saturated heterocycles. The second kappa shape index (κ2) is 23.2. The summed E-state index contributed by atoms with van der Waals surface area (Å²) < 4.78 is 137. The van der Waals surface area contributed by atoms with Crippen molar-refractivity contribution in [3.8, 4) is 11.5 Å². The average molecular weight is 1010 g/mol. The van der Waals surface area contributed by atoms with Crippen LogP contribution in [0.25, 0.3) is 11.5 Å². The Hall–Kier alpha value is -7.08. The normalized spacial score (nSPS) is 14.6. The van der Waals surface area contributed by atoms with E-state index in [0.29, 0.717) is 52.4 Å². The third kappa shape index (κ3) is 14.0. The lowest BCUT2D eigenvalue weighted by Gasteiger charge is -2.37. The second-order valence-electron chi connectivity index (χ2n) is 16.2. The highest BCUT2D eigenvalue weighted by Gasteiger charge is 2.39. The van der Waals surface area contributed by atoms with Crippen LogP contribution in [0.4, 0.5) is 64.9 Å². The van der Waals surface area contributed by atoms with Crippen LogP contribution in [0.15, 0.2) is 89.3 Å². The summed E-state index contributed by atoms with van der Waals surface area (Å²) in [5, 5.41) is 7.70. The number of carbonyl (C=O) groups excluding carboxylic acids is 4. The first-order valence-corrected chi connectivity index (χ1v) is 22.1. The van der Waals surface area contributed by atoms with Gasteiger partial charge in [-0.3, -0.25) is 19.4 Å². The number of ketones is 1. The van der Waals surface area contributed by atoms with Crippen LogP contribution in [0.1, 0.15) is 41.2 Å². The maximum absolute atomic E-state index is 15.0. The highest BCUT2D eigenvalue weighted by molar-refractivity contribution is 6.00. The molecule has 1 N–H and O–H groups in total. The first-order chi connectivity index (χ1) is 33.6. The molecule has 2 fully saturated rings. The van der Waals surface area contributed by atoms with Crippen molar-refractivity contribution in [1.29, 1.82) is 0 Å². The molecule has 4 aromatic carbocycles. The first-order valence-electron chi connectivity index (χ1n) is 22.1. The molecule has 1 aromatic heterocycles. The molecule has 0 bridgehead atoms. The average Bonchev–Trinajstić information content (AvgIpc) is 3.86. The van der Waals surface area contributed by atoms with Crippen molar-refractivity contribution in [2.24, 2.45) is 0 Å². The largest absolute Gasteiger partial charge is 0.471 e. The lowest BCUT2D eigenvalue weighted by molar-refractivity contribution is -0.173. The van der Waals surface area contributed by atoms with E-state index in [1.54, 1.807) is 15.9 Å². The number of piperazine rings is 2. The number of hydrogen-bond donors (Lipinski definition) is 1. The van der Waals surface area contributed by atoms with Gasteiger partial charge in [-0.25, -0.2) is 27.2 Å².